The van der Waals surface area contributed by atoms with Gasteiger partial charge < -0.3 is 14.5 Å². The fourth-order valence-electron chi connectivity index (χ4n) is 4.05. The number of rotatable bonds is 3. The summed E-state index contributed by atoms with van der Waals surface area (Å²) < 4.78 is 6.33. The molecule has 0 unspecified atom stereocenters. The Morgan fingerprint density at radius 3 is 1.73 bits per heavy atom. The summed E-state index contributed by atoms with van der Waals surface area (Å²) in [6, 6.07) is 25.7. The average molecular weight is 344 g/mol. The van der Waals surface area contributed by atoms with Crippen LogP contribution in [-0.4, -0.2) is 28.3 Å². The minimum Gasteiger partial charge on any atom is -0.378 e. The van der Waals surface area contributed by atoms with Gasteiger partial charge in [0.15, 0.2) is 0 Å². The molecular formula is C23H24N2O. The van der Waals surface area contributed by atoms with Crippen LogP contribution in [0.3, 0.4) is 0 Å². The number of hydrogen-bond donors (Lipinski definition) is 0. The zero-order valence-corrected chi connectivity index (χ0v) is 15.7. The van der Waals surface area contributed by atoms with Gasteiger partial charge in [-0.1, -0.05) is 48.5 Å². The maximum Gasteiger partial charge on any atom is 0.147 e. The summed E-state index contributed by atoms with van der Waals surface area (Å²) >= 11 is 0. The van der Waals surface area contributed by atoms with Crippen LogP contribution in [0.25, 0.3) is 0 Å². The van der Waals surface area contributed by atoms with Crippen molar-refractivity contribution in [3.05, 3.63) is 89.5 Å². The number of hydrogen-bond acceptors (Lipinski definition) is 3. The van der Waals surface area contributed by atoms with E-state index in [0.717, 1.165) is 5.56 Å². The van der Waals surface area contributed by atoms with Crippen LogP contribution in [0, 0.1) is 0 Å². The van der Waals surface area contributed by atoms with Gasteiger partial charge in [0.2, 0.25) is 0 Å². The summed E-state index contributed by atoms with van der Waals surface area (Å²) in [5.74, 6) is 0. The van der Waals surface area contributed by atoms with Crippen molar-refractivity contribution >= 4 is 17.1 Å². The lowest BCUT2D eigenvalue weighted by molar-refractivity contribution is 0.0580. The molecule has 3 heteroatoms. The first-order valence-corrected chi connectivity index (χ1v) is 8.85. The molecule has 0 fully saturated rings. The molecule has 132 valence electrons. The molecule has 0 spiro atoms. The van der Waals surface area contributed by atoms with Crippen molar-refractivity contribution in [2.45, 2.75) is 5.60 Å². The molecule has 3 aromatic rings. The topological polar surface area (TPSA) is 15.7 Å². The molecule has 26 heavy (non-hydrogen) atoms. The Labute approximate surface area is 155 Å². The fraction of sp³-hybridized carbons (Fsp3) is 0.217. The lowest BCUT2D eigenvalue weighted by atomic mass is 9.76. The van der Waals surface area contributed by atoms with Crippen molar-refractivity contribution < 1.29 is 4.74 Å². The van der Waals surface area contributed by atoms with Gasteiger partial charge in [0, 0.05) is 56.4 Å². The highest BCUT2D eigenvalue weighted by atomic mass is 16.5. The van der Waals surface area contributed by atoms with Crippen LogP contribution in [0.15, 0.2) is 72.8 Å². The zero-order chi connectivity index (χ0) is 18.3. The van der Waals surface area contributed by atoms with Gasteiger partial charge in [0.25, 0.3) is 0 Å². The van der Waals surface area contributed by atoms with E-state index in [1.165, 1.54) is 28.2 Å². The number of nitrogens with zero attached hydrogens (tertiary/aromatic N) is 2. The predicted molar refractivity (Wildman–Crippen MR) is 109 cm³/mol. The molecule has 3 nitrogen and oxygen atoms in total. The molecule has 0 bridgehead atoms. The van der Waals surface area contributed by atoms with Gasteiger partial charge in [-0.15, -0.1) is 0 Å². The Bertz CT molecular complexity index is 883. The van der Waals surface area contributed by atoms with Gasteiger partial charge >= 0.3 is 0 Å². The molecule has 0 saturated heterocycles. The summed E-state index contributed by atoms with van der Waals surface area (Å²) in [6.45, 7) is 0. The number of fused-ring (bicyclic) bond motifs is 2. The minimum absolute atomic E-state index is 0.620. The van der Waals surface area contributed by atoms with E-state index in [9.17, 15) is 0 Å². The van der Waals surface area contributed by atoms with Gasteiger partial charge in [-0.2, -0.15) is 0 Å². The summed E-state index contributed by atoms with van der Waals surface area (Å²) in [5.41, 5.74) is 6.37. The summed E-state index contributed by atoms with van der Waals surface area (Å²) in [4.78, 5) is 4.36. The molecule has 1 aliphatic rings. The van der Waals surface area contributed by atoms with Crippen LogP contribution in [0.2, 0.25) is 0 Å². The normalized spacial score (nSPS) is 14.5. The monoisotopic (exact) mass is 344 g/mol. The van der Waals surface area contributed by atoms with Crippen molar-refractivity contribution in [1.29, 1.82) is 0 Å². The van der Waals surface area contributed by atoms with Crippen LogP contribution < -0.4 is 9.80 Å². The van der Waals surface area contributed by atoms with Gasteiger partial charge in [-0.3, -0.25) is 0 Å². The van der Waals surface area contributed by atoms with Crippen LogP contribution in [0.1, 0.15) is 16.7 Å². The standard InChI is InChI=1S/C23H24N2O/c1-24(2)18-15-13-17(14-16-18)23(26-4)19-9-5-7-11-21(19)25(3)22-12-8-6-10-20(22)23/h5-16H,1-4H3. The number of methoxy groups -OCH3 is 1. The zero-order valence-electron chi connectivity index (χ0n) is 15.7. The quantitative estimate of drug-likeness (QED) is 0.680. The van der Waals surface area contributed by atoms with Gasteiger partial charge in [-0.25, -0.2) is 0 Å². The lowest BCUT2D eigenvalue weighted by Gasteiger charge is -2.43. The molecule has 0 atom stereocenters. The Kier molecular flexibility index (Phi) is 3.97. The van der Waals surface area contributed by atoms with E-state index in [2.05, 4.69) is 104 Å². The third kappa shape index (κ3) is 2.24. The van der Waals surface area contributed by atoms with Crippen LogP contribution >= 0.6 is 0 Å². The first-order valence-electron chi connectivity index (χ1n) is 8.85. The molecule has 0 saturated carbocycles. The van der Waals surface area contributed by atoms with E-state index in [-0.39, 0.29) is 0 Å². The van der Waals surface area contributed by atoms with Crippen molar-refractivity contribution in [1.82, 2.24) is 0 Å². The third-order valence-electron chi connectivity index (χ3n) is 5.39. The minimum atomic E-state index is -0.620. The molecular weight excluding hydrogens is 320 g/mol. The van der Waals surface area contributed by atoms with Crippen LogP contribution in [-0.2, 0) is 10.3 Å². The molecule has 4 rings (SSSR count). The highest BCUT2D eigenvalue weighted by molar-refractivity contribution is 5.79. The van der Waals surface area contributed by atoms with Crippen molar-refractivity contribution in [3.8, 4) is 0 Å². The van der Waals surface area contributed by atoms with Crippen LogP contribution in [0.5, 0.6) is 0 Å². The molecule has 0 radical (unpaired) electrons. The number of benzene rings is 3. The van der Waals surface area contributed by atoms with E-state index >= 15 is 0 Å². The maximum absolute atomic E-state index is 6.33. The Morgan fingerprint density at radius 2 is 1.27 bits per heavy atom. The lowest BCUT2D eigenvalue weighted by Crippen LogP contribution is -2.38. The Balaban J connectivity index is 2.02. The van der Waals surface area contributed by atoms with Crippen LogP contribution in [0.4, 0.5) is 17.1 Å². The van der Waals surface area contributed by atoms with Crippen molar-refractivity contribution in [3.63, 3.8) is 0 Å². The summed E-state index contributed by atoms with van der Waals surface area (Å²) in [5, 5.41) is 0. The largest absolute Gasteiger partial charge is 0.378 e. The number of anilines is 3. The summed E-state index contributed by atoms with van der Waals surface area (Å²) in [7, 11) is 8.04. The molecule has 0 N–H and O–H groups in total. The van der Waals surface area contributed by atoms with Crippen molar-refractivity contribution in [2.24, 2.45) is 0 Å². The summed E-state index contributed by atoms with van der Waals surface area (Å²) in [6.07, 6.45) is 0. The smallest absolute Gasteiger partial charge is 0.147 e. The van der Waals surface area contributed by atoms with Crippen molar-refractivity contribution in [2.75, 3.05) is 38.1 Å². The van der Waals surface area contributed by atoms with Gasteiger partial charge in [-0.05, 0) is 29.8 Å². The molecule has 0 aromatic heterocycles. The molecule has 0 aliphatic carbocycles. The second-order valence-electron chi connectivity index (χ2n) is 6.92. The van der Waals surface area contributed by atoms with E-state index in [0.29, 0.717) is 0 Å². The molecule has 1 heterocycles. The highest BCUT2D eigenvalue weighted by Crippen LogP contribution is 2.52. The van der Waals surface area contributed by atoms with Gasteiger partial charge in [0.05, 0.1) is 0 Å². The second kappa shape index (κ2) is 6.19. The second-order valence-corrected chi connectivity index (χ2v) is 6.92. The molecule has 0 amide bonds. The Hall–Kier alpha value is -2.78. The first kappa shape index (κ1) is 16.7. The molecule has 1 aliphatic heterocycles. The predicted octanol–water partition coefficient (Wildman–Crippen LogP) is 4.77. The third-order valence-corrected chi connectivity index (χ3v) is 5.39. The average Bonchev–Trinajstić information content (AvgIpc) is 2.69. The number of para-hydroxylation sites is 2. The highest BCUT2D eigenvalue weighted by Gasteiger charge is 2.44. The number of ether oxygens (including phenoxy) is 1. The van der Waals surface area contributed by atoms with E-state index in [1.54, 1.807) is 7.11 Å². The molecule has 3 aromatic carbocycles. The van der Waals surface area contributed by atoms with E-state index in [4.69, 9.17) is 4.74 Å². The van der Waals surface area contributed by atoms with E-state index in [1.807, 2.05) is 0 Å². The SMILES string of the molecule is COC1(c2ccc(N(C)C)cc2)c2ccccc2N(C)c2ccccc21. The van der Waals surface area contributed by atoms with E-state index < -0.39 is 5.60 Å². The fourth-order valence-corrected chi connectivity index (χ4v) is 4.05. The first-order chi connectivity index (χ1) is 12.6. The van der Waals surface area contributed by atoms with Gasteiger partial charge in [0.1, 0.15) is 5.60 Å². The maximum atomic E-state index is 6.33. The Morgan fingerprint density at radius 1 is 0.769 bits per heavy atom.